The Bertz CT molecular complexity index is 1150. The Balaban J connectivity index is 1.64. The molecule has 2 aromatic heterocycles. The first-order valence-corrected chi connectivity index (χ1v) is 8.29. The molecule has 7 heteroatoms. The second-order valence-corrected chi connectivity index (χ2v) is 6.25. The van der Waals surface area contributed by atoms with Gasteiger partial charge in [-0.15, -0.1) is 5.10 Å². The highest BCUT2D eigenvalue weighted by atomic mass is 19.1. The van der Waals surface area contributed by atoms with Crippen LogP contribution in [0.5, 0.6) is 0 Å². The Hall–Kier alpha value is -3.53. The second-order valence-electron chi connectivity index (χ2n) is 6.25. The zero-order chi connectivity index (χ0) is 17.7. The third-order valence-corrected chi connectivity index (χ3v) is 4.76. The largest absolute Gasteiger partial charge is 0.270 e. The number of aromatic nitrogens is 5. The highest BCUT2D eigenvalue weighted by Crippen LogP contribution is 2.39. The van der Waals surface area contributed by atoms with E-state index in [9.17, 15) is 9.65 Å². The summed E-state index contributed by atoms with van der Waals surface area (Å²) in [6, 6.07) is 17.1. The average Bonchev–Trinajstić information content (AvgIpc) is 3.36. The summed E-state index contributed by atoms with van der Waals surface area (Å²) >= 11 is 0. The van der Waals surface area contributed by atoms with Crippen LogP contribution in [0.25, 0.3) is 16.9 Å². The maximum absolute atomic E-state index is 14.5. The van der Waals surface area contributed by atoms with E-state index in [4.69, 9.17) is 0 Å². The summed E-state index contributed by atoms with van der Waals surface area (Å²) in [7, 11) is 0. The molecular weight excluding hydrogens is 331 g/mol. The van der Waals surface area contributed by atoms with E-state index in [2.05, 4.69) is 21.3 Å². The van der Waals surface area contributed by atoms with Crippen LogP contribution in [0.15, 0.2) is 54.7 Å². The van der Waals surface area contributed by atoms with Crippen LogP contribution in [0.2, 0.25) is 0 Å². The van der Waals surface area contributed by atoms with Crippen molar-refractivity contribution in [2.24, 2.45) is 0 Å². The highest BCUT2D eigenvalue weighted by molar-refractivity contribution is 5.85. The van der Waals surface area contributed by atoms with E-state index >= 15 is 0 Å². The van der Waals surface area contributed by atoms with Crippen molar-refractivity contribution in [3.05, 3.63) is 71.7 Å². The Morgan fingerprint density at radius 1 is 1.12 bits per heavy atom. The maximum Gasteiger partial charge on any atom is 0.270 e. The fourth-order valence-corrected chi connectivity index (χ4v) is 3.52. The van der Waals surface area contributed by atoms with Gasteiger partial charge in [0.05, 0.1) is 29.4 Å². The van der Waals surface area contributed by atoms with Gasteiger partial charge in [0.25, 0.3) is 5.95 Å². The summed E-state index contributed by atoms with van der Waals surface area (Å²) in [5, 5.41) is 18.8. The van der Waals surface area contributed by atoms with Crippen molar-refractivity contribution in [1.29, 1.82) is 5.26 Å². The lowest BCUT2D eigenvalue weighted by molar-refractivity contribution is 0.328. The summed E-state index contributed by atoms with van der Waals surface area (Å²) in [6.07, 6.45) is 0.776. The van der Waals surface area contributed by atoms with Gasteiger partial charge in [-0.25, -0.2) is 9.07 Å². The molecule has 0 radical (unpaired) electrons. The summed E-state index contributed by atoms with van der Waals surface area (Å²) in [5.74, 6) is 0.627. The zero-order valence-corrected chi connectivity index (χ0v) is 13.6. The molecule has 0 saturated heterocycles. The van der Waals surface area contributed by atoms with Gasteiger partial charge in [0.2, 0.25) is 0 Å². The van der Waals surface area contributed by atoms with Crippen LogP contribution in [0.4, 0.5) is 4.39 Å². The number of nitrogens with zero attached hydrogens (tertiary/aromatic N) is 6. The van der Waals surface area contributed by atoms with Crippen molar-refractivity contribution in [2.75, 3.05) is 0 Å². The minimum Gasteiger partial charge on any atom is -0.239 e. The summed E-state index contributed by atoms with van der Waals surface area (Å²) in [5.41, 5.74) is 2.26. The Morgan fingerprint density at radius 2 is 1.96 bits per heavy atom. The lowest BCUT2D eigenvalue weighted by Gasteiger charge is -2.11. The minimum absolute atomic E-state index is 0.182. The van der Waals surface area contributed by atoms with Crippen LogP contribution in [0, 0.1) is 11.3 Å². The van der Waals surface area contributed by atoms with Crippen LogP contribution in [0.1, 0.15) is 35.6 Å². The molecule has 6 nitrogen and oxygen atoms in total. The zero-order valence-electron chi connectivity index (χ0n) is 13.6. The molecule has 2 atom stereocenters. The number of nitriles is 1. The van der Waals surface area contributed by atoms with E-state index in [1.54, 1.807) is 27.7 Å². The molecule has 5 rings (SSSR count). The van der Waals surface area contributed by atoms with E-state index in [1.165, 1.54) is 0 Å². The molecule has 0 spiro atoms. The molecule has 4 aromatic rings. The molecule has 2 unspecified atom stereocenters. The number of halogens is 1. The van der Waals surface area contributed by atoms with Gasteiger partial charge in [-0.3, -0.25) is 0 Å². The molecule has 0 aliphatic carbocycles. The first-order valence-electron chi connectivity index (χ1n) is 8.29. The van der Waals surface area contributed by atoms with Gasteiger partial charge in [-0.1, -0.05) is 36.4 Å². The van der Waals surface area contributed by atoms with Crippen LogP contribution >= 0.6 is 0 Å². The normalized spacial score (nSPS) is 18.8. The highest BCUT2D eigenvalue weighted by Gasteiger charge is 2.35. The second kappa shape index (κ2) is 5.49. The number of rotatable bonds is 2. The van der Waals surface area contributed by atoms with E-state index in [0.29, 0.717) is 23.8 Å². The van der Waals surface area contributed by atoms with E-state index in [0.717, 1.165) is 16.5 Å². The lowest BCUT2D eigenvalue weighted by atomic mass is 10.0. The standard InChI is InChI=1S/C19H13FN6/c20-15-9-17(12-5-2-1-3-6-12)25-18(15)23-19(24-25)26-16-8-4-7-13(10-21)14(16)11-22-26/h1-8,11,15,17H,9H2. The van der Waals surface area contributed by atoms with Gasteiger partial charge in [0, 0.05) is 11.8 Å². The van der Waals surface area contributed by atoms with E-state index < -0.39 is 6.17 Å². The van der Waals surface area contributed by atoms with Crippen molar-refractivity contribution >= 4 is 10.9 Å². The average molecular weight is 344 g/mol. The topological polar surface area (TPSA) is 72.3 Å². The Labute approximate surface area is 148 Å². The molecule has 0 bridgehead atoms. The molecule has 0 amide bonds. The van der Waals surface area contributed by atoms with Gasteiger partial charge in [-0.2, -0.15) is 20.0 Å². The smallest absolute Gasteiger partial charge is 0.239 e. The molecule has 0 N–H and O–H groups in total. The SMILES string of the molecule is N#Cc1cccc2c1cnn2-c1nc2n(n1)C(c1ccccc1)CC2F. The first-order chi connectivity index (χ1) is 12.8. The molecule has 3 heterocycles. The minimum atomic E-state index is -1.17. The van der Waals surface area contributed by atoms with Crippen molar-refractivity contribution in [3.8, 4) is 12.0 Å². The number of hydrogen-bond donors (Lipinski definition) is 0. The van der Waals surface area contributed by atoms with Gasteiger partial charge < -0.3 is 0 Å². The van der Waals surface area contributed by atoms with Crippen molar-refractivity contribution in [3.63, 3.8) is 0 Å². The fourth-order valence-electron chi connectivity index (χ4n) is 3.52. The monoisotopic (exact) mass is 344 g/mol. The van der Waals surface area contributed by atoms with E-state index in [1.807, 2.05) is 36.4 Å². The predicted molar refractivity (Wildman–Crippen MR) is 92.4 cm³/mol. The van der Waals surface area contributed by atoms with Crippen LogP contribution in [0.3, 0.4) is 0 Å². The third kappa shape index (κ3) is 2.05. The lowest BCUT2D eigenvalue weighted by Crippen LogP contribution is -2.08. The molecule has 1 aliphatic rings. The molecule has 2 aromatic carbocycles. The quantitative estimate of drug-likeness (QED) is 0.558. The maximum atomic E-state index is 14.5. The molecule has 126 valence electrons. The van der Waals surface area contributed by atoms with Gasteiger partial charge in [-0.05, 0) is 17.7 Å². The third-order valence-electron chi connectivity index (χ3n) is 4.76. The molecule has 0 saturated carbocycles. The molecule has 1 aliphatic heterocycles. The van der Waals surface area contributed by atoms with Crippen molar-refractivity contribution in [1.82, 2.24) is 24.5 Å². The van der Waals surface area contributed by atoms with Crippen LogP contribution < -0.4 is 0 Å². The van der Waals surface area contributed by atoms with Crippen LogP contribution in [-0.4, -0.2) is 24.5 Å². The first kappa shape index (κ1) is 14.8. The summed E-state index contributed by atoms with van der Waals surface area (Å²) in [4.78, 5) is 4.39. The fraction of sp³-hybridized carbons (Fsp3) is 0.158. The van der Waals surface area contributed by atoms with Gasteiger partial charge >= 0.3 is 0 Å². The van der Waals surface area contributed by atoms with E-state index in [-0.39, 0.29) is 6.04 Å². The number of alkyl halides is 1. The van der Waals surface area contributed by atoms with Crippen LogP contribution in [-0.2, 0) is 0 Å². The molecular formula is C19H13FN6. The van der Waals surface area contributed by atoms with Gasteiger partial charge in [0.1, 0.15) is 0 Å². The molecule has 26 heavy (non-hydrogen) atoms. The summed E-state index contributed by atoms with van der Waals surface area (Å²) in [6.45, 7) is 0. The van der Waals surface area contributed by atoms with Crippen molar-refractivity contribution < 1.29 is 4.39 Å². The van der Waals surface area contributed by atoms with Crippen molar-refractivity contribution in [2.45, 2.75) is 18.6 Å². The Morgan fingerprint density at radius 3 is 2.77 bits per heavy atom. The summed E-state index contributed by atoms with van der Waals surface area (Å²) < 4.78 is 17.7. The molecule has 0 fully saturated rings. The van der Waals surface area contributed by atoms with Gasteiger partial charge in [0.15, 0.2) is 12.0 Å². The number of fused-ring (bicyclic) bond motifs is 2. The number of benzene rings is 2. The number of hydrogen-bond acceptors (Lipinski definition) is 4. The predicted octanol–water partition coefficient (Wildman–Crippen LogP) is 3.49. The Kier molecular flexibility index (Phi) is 3.12.